The lowest BCUT2D eigenvalue weighted by Crippen LogP contribution is -2.35. The second kappa shape index (κ2) is 9.30. The Labute approximate surface area is 159 Å². The number of rotatable bonds is 6. The molecule has 1 aliphatic rings. The van der Waals surface area contributed by atoms with Crippen LogP contribution in [0.5, 0.6) is 0 Å². The van der Waals surface area contributed by atoms with Crippen LogP contribution >= 0.6 is 23.2 Å². The van der Waals surface area contributed by atoms with Crippen molar-refractivity contribution >= 4 is 46.4 Å². The summed E-state index contributed by atoms with van der Waals surface area (Å²) in [6.07, 6.45) is 3.46. The molecule has 0 aliphatic carbocycles. The molecular formula is C18H25Cl2N3O2. The molecule has 0 bridgehead atoms. The standard InChI is InChI=1S/C18H25Cl2N3O2/c1-3-22(4-2)18(25)14-12-13(21-17(24)16(19)20)8-9-15(14)23-10-6-5-7-11-23/h8-9,12,16H,3-7,10-11H2,1-2H3,(H,21,24). The molecule has 1 saturated heterocycles. The third-order valence-corrected chi connectivity index (χ3v) is 4.84. The lowest BCUT2D eigenvalue weighted by atomic mass is 10.1. The number of anilines is 2. The van der Waals surface area contributed by atoms with Gasteiger partial charge in [0.2, 0.25) is 0 Å². The number of amides is 2. The summed E-state index contributed by atoms with van der Waals surface area (Å²) in [5, 5.41) is 2.65. The number of nitrogens with one attached hydrogen (secondary N) is 1. The Bertz CT molecular complexity index is 612. The second-order valence-electron chi connectivity index (χ2n) is 6.05. The van der Waals surface area contributed by atoms with Gasteiger partial charge in [0, 0.05) is 37.6 Å². The van der Waals surface area contributed by atoms with E-state index in [1.807, 2.05) is 19.9 Å². The number of hydrogen-bond acceptors (Lipinski definition) is 3. The average molecular weight is 386 g/mol. The molecule has 1 fully saturated rings. The molecule has 5 nitrogen and oxygen atoms in total. The first-order valence-corrected chi connectivity index (χ1v) is 9.62. The maximum absolute atomic E-state index is 13.0. The molecule has 1 heterocycles. The topological polar surface area (TPSA) is 52.7 Å². The van der Waals surface area contributed by atoms with Gasteiger partial charge in [0.1, 0.15) is 0 Å². The summed E-state index contributed by atoms with van der Waals surface area (Å²) in [5.41, 5.74) is 2.04. The van der Waals surface area contributed by atoms with Crippen LogP contribution in [-0.4, -0.2) is 47.7 Å². The first-order chi connectivity index (χ1) is 12.0. The normalized spacial score (nSPS) is 14.5. The van der Waals surface area contributed by atoms with Crippen LogP contribution in [-0.2, 0) is 4.79 Å². The maximum Gasteiger partial charge on any atom is 0.257 e. The Kier molecular flexibility index (Phi) is 7.38. The van der Waals surface area contributed by atoms with Gasteiger partial charge >= 0.3 is 0 Å². The first-order valence-electron chi connectivity index (χ1n) is 8.75. The number of piperidine rings is 1. The number of halogens is 2. The third-order valence-electron chi connectivity index (χ3n) is 4.44. The van der Waals surface area contributed by atoms with Gasteiger partial charge in [-0.15, -0.1) is 0 Å². The van der Waals surface area contributed by atoms with Gasteiger partial charge in [0.05, 0.1) is 5.56 Å². The minimum Gasteiger partial charge on any atom is -0.371 e. The molecule has 0 saturated carbocycles. The van der Waals surface area contributed by atoms with E-state index in [9.17, 15) is 9.59 Å². The molecule has 1 N–H and O–H groups in total. The summed E-state index contributed by atoms with van der Waals surface area (Å²) in [6.45, 7) is 7.07. The fourth-order valence-corrected chi connectivity index (χ4v) is 3.18. The minimum absolute atomic E-state index is 0.0324. The van der Waals surface area contributed by atoms with Crippen LogP contribution in [0.15, 0.2) is 18.2 Å². The summed E-state index contributed by atoms with van der Waals surface area (Å²) < 4.78 is 0. The van der Waals surface area contributed by atoms with Crippen LogP contribution in [0.1, 0.15) is 43.5 Å². The zero-order chi connectivity index (χ0) is 18.4. The fourth-order valence-electron chi connectivity index (χ4n) is 3.07. The Morgan fingerprint density at radius 3 is 2.36 bits per heavy atom. The lowest BCUT2D eigenvalue weighted by Gasteiger charge is -2.31. The summed E-state index contributed by atoms with van der Waals surface area (Å²) in [5.74, 6) is -0.537. The lowest BCUT2D eigenvalue weighted by molar-refractivity contribution is -0.114. The Morgan fingerprint density at radius 1 is 1.16 bits per heavy atom. The molecule has 0 unspecified atom stereocenters. The van der Waals surface area contributed by atoms with Crippen molar-refractivity contribution in [3.8, 4) is 0 Å². The zero-order valence-corrected chi connectivity index (χ0v) is 16.2. The maximum atomic E-state index is 13.0. The number of alkyl halides is 2. The van der Waals surface area contributed by atoms with Crippen LogP contribution in [0.25, 0.3) is 0 Å². The molecule has 1 aromatic carbocycles. The van der Waals surface area contributed by atoms with E-state index >= 15 is 0 Å². The van der Waals surface area contributed by atoms with Gasteiger partial charge in [0.25, 0.3) is 11.8 Å². The molecule has 25 heavy (non-hydrogen) atoms. The van der Waals surface area contributed by atoms with E-state index in [4.69, 9.17) is 23.2 Å². The van der Waals surface area contributed by atoms with Crippen molar-refractivity contribution in [3.05, 3.63) is 23.8 Å². The monoisotopic (exact) mass is 385 g/mol. The van der Waals surface area contributed by atoms with Crippen LogP contribution in [0.3, 0.4) is 0 Å². The predicted molar refractivity (Wildman–Crippen MR) is 104 cm³/mol. The van der Waals surface area contributed by atoms with E-state index < -0.39 is 10.7 Å². The molecule has 0 spiro atoms. The van der Waals surface area contributed by atoms with E-state index in [1.54, 1.807) is 17.0 Å². The van der Waals surface area contributed by atoms with Crippen molar-refractivity contribution in [1.29, 1.82) is 0 Å². The molecule has 138 valence electrons. The van der Waals surface area contributed by atoms with E-state index in [-0.39, 0.29) is 5.91 Å². The summed E-state index contributed by atoms with van der Waals surface area (Å²) >= 11 is 11.2. The van der Waals surface area contributed by atoms with Crippen molar-refractivity contribution in [2.75, 3.05) is 36.4 Å². The van der Waals surface area contributed by atoms with Gasteiger partial charge in [-0.25, -0.2) is 0 Å². The van der Waals surface area contributed by atoms with Crippen LogP contribution < -0.4 is 10.2 Å². The number of carbonyl (C=O) groups is 2. The fraction of sp³-hybridized carbons (Fsp3) is 0.556. The molecule has 0 aromatic heterocycles. The Hall–Kier alpha value is -1.46. The van der Waals surface area contributed by atoms with Crippen LogP contribution in [0.4, 0.5) is 11.4 Å². The molecule has 2 amide bonds. The second-order valence-corrected chi connectivity index (χ2v) is 7.14. The Morgan fingerprint density at radius 2 is 1.80 bits per heavy atom. The quantitative estimate of drug-likeness (QED) is 0.755. The van der Waals surface area contributed by atoms with Gasteiger partial charge in [-0.1, -0.05) is 23.2 Å². The third kappa shape index (κ3) is 5.02. The highest BCUT2D eigenvalue weighted by Gasteiger charge is 2.22. The van der Waals surface area contributed by atoms with Crippen LogP contribution in [0, 0.1) is 0 Å². The largest absolute Gasteiger partial charge is 0.371 e. The molecule has 0 atom stereocenters. The van der Waals surface area contributed by atoms with Gasteiger partial charge in [-0.3, -0.25) is 9.59 Å². The summed E-state index contributed by atoms with van der Waals surface area (Å²) in [4.78, 5) is 27.6. The highest BCUT2D eigenvalue weighted by atomic mass is 35.5. The molecule has 1 aliphatic heterocycles. The van der Waals surface area contributed by atoms with Crippen LogP contribution in [0.2, 0.25) is 0 Å². The molecule has 0 radical (unpaired) electrons. The van der Waals surface area contributed by atoms with Gasteiger partial charge < -0.3 is 15.1 Å². The highest BCUT2D eigenvalue weighted by Crippen LogP contribution is 2.28. The number of benzene rings is 1. The van der Waals surface area contributed by atoms with Gasteiger partial charge in [-0.05, 0) is 51.3 Å². The van der Waals surface area contributed by atoms with E-state index in [0.29, 0.717) is 24.3 Å². The van der Waals surface area contributed by atoms with E-state index in [0.717, 1.165) is 31.6 Å². The smallest absolute Gasteiger partial charge is 0.257 e. The van der Waals surface area contributed by atoms with E-state index in [1.165, 1.54) is 6.42 Å². The van der Waals surface area contributed by atoms with Crippen molar-refractivity contribution in [2.24, 2.45) is 0 Å². The first kappa shape index (κ1) is 19.9. The van der Waals surface area contributed by atoms with Crippen molar-refractivity contribution in [2.45, 2.75) is 37.9 Å². The van der Waals surface area contributed by atoms with Gasteiger partial charge in [0.15, 0.2) is 4.84 Å². The molecule has 7 heteroatoms. The zero-order valence-electron chi connectivity index (χ0n) is 14.7. The molecule has 1 aromatic rings. The Balaban J connectivity index is 2.37. The minimum atomic E-state index is -1.15. The molecular weight excluding hydrogens is 361 g/mol. The van der Waals surface area contributed by atoms with Gasteiger partial charge in [-0.2, -0.15) is 0 Å². The summed E-state index contributed by atoms with van der Waals surface area (Å²) in [6, 6.07) is 5.41. The SMILES string of the molecule is CCN(CC)C(=O)c1cc(NC(=O)C(Cl)Cl)ccc1N1CCCCC1. The predicted octanol–water partition coefficient (Wildman–Crippen LogP) is 3.90. The van der Waals surface area contributed by atoms with E-state index in [2.05, 4.69) is 10.2 Å². The number of hydrogen-bond donors (Lipinski definition) is 1. The molecule has 2 rings (SSSR count). The summed E-state index contributed by atoms with van der Waals surface area (Å²) in [7, 11) is 0. The average Bonchev–Trinajstić information content (AvgIpc) is 2.63. The number of carbonyl (C=O) groups excluding carboxylic acids is 2. The van der Waals surface area contributed by atoms with Crippen molar-refractivity contribution in [1.82, 2.24) is 4.90 Å². The van der Waals surface area contributed by atoms with Crippen molar-refractivity contribution < 1.29 is 9.59 Å². The number of nitrogens with zero attached hydrogens (tertiary/aromatic N) is 2. The highest BCUT2D eigenvalue weighted by molar-refractivity contribution is 6.54. The van der Waals surface area contributed by atoms with Crippen molar-refractivity contribution in [3.63, 3.8) is 0 Å².